The fraction of sp³-hybridized carbons (Fsp3) is 0.0625. The molecule has 0 spiro atoms. The molecule has 0 fully saturated rings. The molecule has 3 rings (SSSR count). The van der Waals surface area contributed by atoms with Crippen molar-refractivity contribution in [3.63, 3.8) is 0 Å². The quantitative estimate of drug-likeness (QED) is 0.616. The number of hydrogen-bond donors (Lipinski definition) is 0. The Hall–Kier alpha value is -1.93. The number of ketones is 1. The highest BCUT2D eigenvalue weighted by molar-refractivity contribution is 7.17. The number of rotatable bonds is 2. The van der Waals surface area contributed by atoms with E-state index in [1.54, 1.807) is 11.3 Å². The van der Waals surface area contributed by atoms with Crippen molar-refractivity contribution in [1.82, 2.24) is 0 Å². The van der Waals surface area contributed by atoms with Crippen LogP contribution in [0, 0.1) is 6.92 Å². The van der Waals surface area contributed by atoms with Crippen molar-refractivity contribution in [3.8, 4) is 0 Å². The van der Waals surface area contributed by atoms with E-state index in [9.17, 15) is 4.79 Å². The molecule has 3 aromatic rings. The molecule has 2 aromatic carbocycles. The van der Waals surface area contributed by atoms with E-state index in [1.807, 2.05) is 60.8 Å². The summed E-state index contributed by atoms with van der Waals surface area (Å²) in [5.74, 6) is 0.103. The number of benzene rings is 2. The molecular weight excluding hydrogens is 240 g/mol. The Morgan fingerprint density at radius 2 is 1.89 bits per heavy atom. The average Bonchev–Trinajstić information content (AvgIpc) is 2.86. The normalized spacial score (nSPS) is 10.7. The van der Waals surface area contributed by atoms with Crippen LogP contribution in [0.3, 0.4) is 0 Å². The summed E-state index contributed by atoms with van der Waals surface area (Å²) in [4.78, 5) is 12.5. The molecule has 0 atom stereocenters. The number of carbonyl (C=O) groups excluding carboxylic acids is 1. The summed E-state index contributed by atoms with van der Waals surface area (Å²) in [6, 6.07) is 15.7. The van der Waals surface area contributed by atoms with Crippen molar-refractivity contribution in [1.29, 1.82) is 0 Å². The van der Waals surface area contributed by atoms with E-state index in [-0.39, 0.29) is 5.78 Å². The van der Waals surface area contributed by atoms with Crippen molar-refractivity contribution < 1.29 is 4.79 Å². The third-order valence-corrected chi connectivity index (χ3v) is 3.97. The van der Waals surface area contributed by atoms with Gasteiger partial charge in [0, 0.05) is 15.8 Å². The van der Waals surface area contributed by atoms with Gasteiger partial charge in [0.1, 0.15) is 0 Å². The Morgan fingerprint density at radius 1 is 1.06 bits per heavy atom. The maximum atomic E-state index is 12.5. The van der Waals surface area contributed by atoms with Gasteiger partial charge in [0.15, 0.2) is 5.78 Å². The highest BCUT2D eigenvalue weighted by atomic mass is 32.1. The minimum Gasteiger partial charge on any atom is -0.289 e. The monoisotopic (exact) mass is 252 g/mol. The van der Waals surface area contributed by atoms with E-state index in [0.29, 0.717) is 0 Å². The summed E-state index contributed by atoms with van der Waals surface area (Å²) in [6.45, 7) is 2.00. The fourth-order valence-electron chi connectivity index (χ4n) is 2.11. The first-order valence-corrected chi connectivity index (χ1v) is 6.71. The van der Waals surface area contributed by atoms with Gasteiger partial charge < -0.3 is 0 Å². The lowest BCUT2D eigenvalue weighted by molar-refractivity contribution is 0.104. The second kappa shape index (κ2) is 4.39. The van der Waals surface area contributed by atoms with Crippen molar-refractivity contribution >= 4 is 27.2 Å². The van der Waals surface area contributed by atoms with Crippen LogP contribution in [0.5, 0.6) is 0 Å². The van der Waals surface area contributed by atoms with Gasteiger partial charge in [0.2, 0.25) is 0 Å². The zero-order valence-corrected chi connectivity index (χ0v) is 10.8. The first-order valence-electron chi connectivity index (χ1n) is 5.83. The van der Waals surface area contributed by atoms with E-state index in [1.165, 1.54) is 0 Å². The Kier molecular flexibility index (Phi) is 2.73. The van der Waals surface area contributed by atoms with Crippen molar-refractivity contribution in [2.24, 2.45) is 0 Å². The van der Waals surface area contributed by atoms with Crippen LogP contribution < -0.4 is 0 Å². The molecule has 0 unspecified atom stereocenters. The van der Waals surface area contributed by atoms with Gasteiger partial charge in [-0.2, -0.15) is 0 Å². The smallest absolute Gasteiger partial charge is 0.194 e. The number of fused-ring (bicyclic) bond motifs is 1. The molecule has 1 heterocycles. The molecule has 0 saturated heterocycles. The molecule has 0 amide bonds. The molecule has 0 aliphatic rings. The number of carbonyl (C=O) groups is 1. The van der Waals surface area contributed by atoms with Crippen LogP contribution in [0.1, 0.15) is 21.5 Å². The van der Waals surface area contributed by atoms with E-state index in [2.05, 4.69) is 0 Å². The predicted octanol–water partition coefficient (Wildman–Crippen LogP) is 4.44. The second-order valence-corrected chi connectivity index (χ2v) is 5.26. The van der Waals surface area contributed by atoms with E-state index >= 15 is 0 Å². The zero-order valence-electron chi connectivity index (χ0n) is 10.0. The van der Waals surface area contributed by atoms with E-state index in [0.717, 1.165) is 26.8 Å². The Bertz CT molecular complexity index is 725. The van der Waals surface area contributed by atoms with Gasteiger partial charge in [0.25, 0.3) is 0 Å². The lowest BCUT2D eigenvalue weighted by atomic mass is 10.0. The maximum Gasteiger partial charge on any atom is 0.194 e. The minimum atomic E-state index is 0.103. The molecule has 1 nitrogen and oxygen atoms in total. The summed E-state index contributed by atoms with van der Waals surface area (Å²) in [5, 5.41) is 3.16. The summed E-state index contributed by atoms with van der Waals surface area (Å²) >= 11 is 1.62. The molecule has 1 aromatic heterocycles. The molecule has 0 saturated carbocycles. The van der Waals surface area contributed by atoms with Crippen LogP contribution in [-0.4, -0.2) is 5.78 Å². The maximum absolute atomic E-state index is 12.5. The van der Waals surface area contributed by atoms with Crippen LogP contribution >= 0.6 is 11.3 Å². The standard InChI is InChI=1S/C16H12OS/c1-11-4-2-6-13(10-11)15(17)14-7-3-5-12-8-9-18-16(12)14/h2-10H,1H3. The highest BCUT2D eigenvalue weighted by Crippen LogP contribution is 2.26. The summed E-state index contributed by atoms with van der Waals surface area (Å²) in [5.41, 5.74) is 2.67. The Balaban J connectivity index is 2.15. The van der Waals surface area contributed by atoms with E-state index in [4.69, 9.17) is 0 Å². The first kappa shape index (κ1) is 11.2. The molecule has 0 N–H and O–H groups in total. The third kappa shape index (κ3) is 1.85. The van der Waals surface area contributed by atoms with Crippen LogP contribution in [0.2, 0.25) is 0 Å². The molecule has 2 heteroatoms. The lowest BCUT2D eigenvalue weighted by Gasteiger charge is -2.03. The topological polar surface area (TPSA) is 17.1 Å². The van der Waals surface area contributed by atoms with Gasteiger partial charge in [-0.25, -0.2) is 0 Å². The van der Waals surface area contributed by atoms with Gasteiger partial charge in [0.05, 0.1) is 0 Å². The van der Waals surface area contributed by atoms with Crippen molar-refractivity contribution in [2.75, 3.05) is 0 Å². The molecule has 0 aliphatic heterocycles. The summed E-state index contributed by atoms with van der Waals surface area (Å²) in [7, 11) is 0. The van der Waals surface area contributed by atoms with E-state index < -0.39 is 0 Å². The zero-order chi connectivity index (χ0) is 12.5. The van der Waals surface area contributed by atoms with Crippen LogP contribution in [-0.2, 0) is 0 Å². The average molecular weight is 252 g/mol. The van der Waals surface area contributed by atoms with Crippen LogP contribution in [0.25, 0.3) is 10.1 Å². The van der Waals surface area contributed by atoms with Gasteiger partial charge in [-0.15, -0.1) is 11.3 Å². The summed E-state index contributed by atoms with van der Waals surface area (Å²) < 4.78 is 1.07. The van der Waals surface area contributed by atoms with Crippen molar-refractivity contribution in [2.45, 2.75) is 6.92 Å². The van der Waals surface area contributed by atoms with Gasteiger partial charge >= 0.3 is 0 Å². The third-order valence-electron chi connectivity index (χ3n) is 3.00. The SMILES string of the molecule is Cc1cccc(C(=O)c2cccc3ccsc23)c1. The van der Waals surface area contributed by atoms with Crippen LogP contribution in [0.15, 0.2) is 53.9 Å². The molecular formula is C16H12OS. The number of thiophene rings is 1. The molecule has 18 heavy (non-hydrogen) atoms. The summed E-state index contributed by atoms with van der Waals surface area (Å²) in [6.07, 6.45) is 0. The Morgan fingerprint density at radius 3 is 2.72 bits per heavy atom. The van der Waals surface area contributed by atoms with Crippen molar-refractivity contribution in [3.05, 3.63) is 70.6 Å². The fourth-order valence-corrected chi connectivity index (χ4v) is 3.02. The second-order valence-electron chi connectivity index (χ2n) is 4.34. The number of aryl methyl sites for hydroxylation is 1. The molecule has 0 aliphatic carbocycles. The molecule has 0 radical (unpaired) electrons. The van der Waals surface area contributed by atoms with Gasteiger partial charge in [-0.05, 0) is 35.9 Å². The number of hydrogen-bond acceptors (Lipinski definition) is 2. The van der Waals surface area contributed by atoms with Gasteiger partial charge in [-0.1, -0.05) is 35.9 Å². The van der Waals surface area contributed by atoms with Crippen LogP contribution in [0.4, 0.5) is 0 Å². The molecule has 88 valence electrons. The minimum absolute atomic E-state index is 0.103. The largest absolute Gasteiger partial charge is 0.289 e. The first-order chi connectivity index (χ1) is 8.75. The Labute approximate surface area is 110 Å². The highest BCUT2D eigenvalue weighted by Gasteiger charge is 2.12. The lowest BCUT2D eigenvalue weighted by Crippen LogP contribution is -2.01. The predicted molar refractivity (Wildman–Crippen MR) is 76.4 cm³/mol. The van der Waals surface area contributed by atoms with Gasteiger partial charge in [-0.3, -0.25) is 4.79 Å². The molecule has 0 bridgehead atoms.